The summed E-state index contributed by atoms with van der Waals surface area (Å²) in [6, 6.07) is 9.65. The van der Waals surface area contributed by atoms with E-state index in [1.165, 1.54) is 24.8 Å². The van der Waals surface area contributed by atoms with Gasteiger partial charge >= 0.3 is 0 Å². The number of rotatable bonds is 4. The van der Waals surface area contributed by atoms with Gasteiger partial charge in [0.05, 0.1) is 17.4 Å². The predicted molar refractivity (Wildman–Crippen MR) is 116 cm³/mol. The zero-order valence-corrected chi connectivity index (χ0v) is 16.9. The molecule has 1 aromatic carbocycles. The maximum absolute atomic E-state index is 13.1. The van der Waals surface area contributed by atoms with Crippen LogP contribution in [0.1, 0.15) is 54.1 Å². The first-order valence-electron chi connectivity index (χ1n) is 10.4. The van der Waals surface area contributed by atoms with Crippen LogP contribution in [-0.4, -0.2) is 30.9 Å². The van der Waals surface area contributed by atoms with Crippen molar-refractivity contribution in [2.45, 2.75) is 38.0 Å². The highest BCUT2D eigenvalue weighted by atomic mass is 16.1. The summed E-state index contributed by atoms with van der Waals surface area (Å²) in [7, 11) is 1.92. The largest absolute Gasteiger partial charge is 0.320 e. The number of pyridine rings is 1. The van der Waals surface area contributed by atoms with Gasteiger partial charge in [0.1, 0.15) is 5.69 Å². The number of hydrogen-bond acceptors (Lipinski definition) is 4. The molecule has 1 saturated carbocycles. The molecule has 0 spiro atoms. The van der Waals surface area contributed by atoms with Gasteiger partial charge in [-0.2, -0.15) is 10.2 Å². The second kappa shape index (κ2) is 7.74. The molecular formula is C23H24N6O. The monoisotopic (exact) mass is 400 g/mol. The van der Waals surface area contributed by atoms with E-state index in [-0.39, 0.29) is 5.91 Å². The number of hydrogen-bond donors (Lipinski definition) is 2. The maximum Gasteiger partial charge on any atom is 0.274 e. The summed E-state index contributed by atoms with van der Waals surface area (Å²) in [5, 5.41) is 15.5. The normalized spacial score (nSPS) is 14.8. The Bertz CT molecular complexity index is 1190. The molecule has 2 N–H and O–H groups in total. The van der Waals surface area contributed by atoms with Gasteiger partial charge in [-0.1, -0.05) is 25.3 Å². The van der Waals surface area contributed by atoms with Crippen molar-refractivity contribution in [3.8, 4) is 11.3 Å². The van der Waals surface area contributed by atoms with Gasteiger partial charge in [-0.05, 0) is 48.6 Å². The van der Waals surface area contributed by atoms with E-state index >= 15 is 0 Å². The summed E-state index contributed by atoms with van der Waals surface area (Å²) in [6.45, 7) is 0. The fraction of sp³-hybridized carbons (Fsp3) is 0.304. The molecule has 0 radical (unpaired) electrons. The Morgan fingerprint density at radius 2 is 2.07 bits per heavy atom. The molecule has 0 saturated heterocycles. The Labute approximate surface area is 174 Å². The van der Waals surface area contributed by atoms with Crippen molar-refractivity contribution in [1.82, 2.24) is 25.0 Å². The van der Waals surface area contributed by atoms with E-state index in [9.17, 15) is 4.79 Å². The average molecular weight is 400 g/mol. The minimum absolute atomic E-state index is 0.208. The molecule has 7 nitrogen and oxygen atoms in total. The van der Waals surface area contributed by atoms with Gasteiger partial charge in [-0.25, -0.2) is 4.98 Å². The van der Waals surface area contributed by atoms with Crippen molar-refractivity contribution in [2.75, 3.05) is 5.32 Å². The van der Waals surface area contributed by atoms with E-state index in [1.54, 1.807) is 18.5 Å². The molecule has 1 aliphatic rings. The Morgan fingerprint density at radius 3 is 2.87 bits per heavy atom. The first kappa shape index (κ1) is 18.5. The van der Waals surface area contributed by atoms with E-state index in [2.05, 4.69) is 31.7 Å². The van der Waals surface area contributed by atoms with Gasteiger partial charge < -0.3 is 5.32 Å². The van der Waals surface area contributed by atoms with Crippen LogP contribution < -0.4 is 5.32 Å². The number of benzene rings is 1. The molecule has 1 fully saturated rings. The van der Waals surface area contributed by atoms with Crippen LogP contribution in [0, 0.1) is 0 Å². The molecule has 0 bridgehead atoms. The summed E-state index contributed by atoms with van der Waals surface area (Å²) < 4.78 is 1.82. The van der Waals surface area contributed by atoms with Crippen LogP contribution in [0.15, 0.2) is 48.9 Å². The van der Waals surface area contributed by atoms with Crippen LogP contribution in [0.25, 0.3) is 22.2 Å². The Balaban J connectivity index is 1.49. The Hall–Kier alpha value is -3.48. The number of fused-ring (bicyclic) bond motifs is 1. The number of aromatic amines is 1. The smallest absolute Gasteiger partial charge is 0.274 e. The van der Waals surface area contributed by atoms with Crippen LogP contribution in [0.3, 0.4) is 0 Å². The fourth-order valence-corrected chi connectivity index (χ4v) is 4.37. The van der Waals surface area contributed by atoms with E-state index in [4.69, 9.17) is 0 Å². The summed E-state index contributed by atoms with van der Waals surface area (Å²) in [6.07, 6.45) is 11.5. The summed E-state index contributed by atoms with van der Waals surface area (Å²) >= 11 is 0. The highest BCUT2D eigenvalue weighted by Crippen LogP contribution is 2.38. The third-order valence-corrected chi connectivity index (χ3v) is 5.86. The van der Waals surface area contributed by atoms with Crippen molar-refractivity contribution < 1.29 is 4.79 Å². The molecule has 1 amide bonds. The number of nitrogens with zero attached hydrogens (tertiary/aromatic N) is 4. The number of H-pyrrole nitrogens is 1. The molecule has 0 unspecified atom stereocenters. The number of carbonyl (C=O) groups excluding carboxylic acids is 1. The summed E-state index contributed by atoms with van der Waals surface area (Å²) in [5.41, 5.74) is 4.96. The predicted octanol–water partition coefficient (Wildman–Crippen LogP) is 4.66. The topological polar surface area (TPSA) is 88.5 Å². The minimum Gasteiger partial charge on any atom is -0.320 e. The van der Waals surface area contributed by atoms with Crippen molar-refractivity contribution in [2.24, 2.45) is 7.05 Å². The van der Waals surface area contributed by atoms with E-state index < -0.39 is 0 Å². The average Bonchev–Trinajstić information content (AvgIpc) is 3.43. The lowest BCUT2D eigenvalue weighted by atomic mass is 9.83. The fourth-order valence-electron chi connectivity index (χ4n) is 4.37. The van der Waals surface area contributed by atoms with Crippen molar-refractivity contribution in [3.05, 3.63) is 60.2 Å². The van der Waals surface area contributed by atoms with E-state index in [0.29, 0.717) is 17.3 Å². The number of carbonyl (C=O) groups is 1. The number of anilines is 1. The molecule has 152 valence electrons. The number of nitrogens with one attached hydrogen (secondary N) is 2. The molecule has 4 aromatic rings. The van der Waals surface area contributed by atoms with Gasteiger partial charge in [0, 0.05) is 36.1 Å². The standard InChI is InChI=1S/C23H24N6O/c1-29-14-16-10-22(18(11-21(16)28-29)15-6-3-2-4-7-15)27-23(30)20-9-5-8-19(26-20)17-12-24-25-13-17/h5,8-15H,2-4,6-7H2,1H3,(H,24,25)(H,27,30). The van der Waals surface area contributed by atoms with Crippen molar-refractivity contribution in [3.63, 3.8) is 0 Å². The maximum atomic E-state index is 13.1. The molecular weight excluding hydrogens is 376 g/mol. The van der Waals surface area contributed by atoms with Crippen molar-refractivity contribution in [1.29, 1.82) is 0 Å². The Kier molecular flexibility index (Phi) is 4.78. The van der Waals surface area contributed by atoms with Gasteiger partial charge in [0.25, 0.3) is 5.91 Å². The van der Waals surface area contributed by atoms with Crippen LogP contribution in [-0.2, 0) is 7.05 Å². The molecule has 3 heterocycles. The first-order valence-corrected chi connectivity index (χ1v) is 10.4. The van der Waals surface area contributed by atoms with E-state index in [1.807, 2.05) is 36.1 Å². The van der Waals surface area contributed by atoms with Crippen LogP contribution in [0.4, 0.5) is 5.69 Å². The lowest BCUT2D eigenvalue weighted by Crippen LogP contribution is -2.16. The number of aromatic nitrogens is 5. The van der Waals surface area contributed by atoms with Crippen LogP contribution in [0.2, 0.25) is 0 Å². The quantitative estimate of drug-likeness (QED) is 0.521. The molecule has 3 aromatic heterocycles. The second-order valence-electron chi connectivity index (χ2n) is 7.99. The lowest BCUT2D eigenvalue weighted by molar-refractivity contribution is 0.102. The molecule has 7 heteroatoms. The third kappa shape index (κ3) is 3.58. The lowest BCUT2D eigenvalue weighted by Gasteiger charge is -2.24. The Morgan fingerprint density at radius 1 is 1.20 bits per heavy atom. The SMILES string of the molecule is Cn1cc2cc(NC(=O)c3cccc(-c4cn[nH]c4)n3)c(C3CCCCC3)cc2n1. The zero-order chi connectivity index (χ0) is 20.5. The van der Waals surface area contributed by atoms with Gasteiger partial charge in [0.2, 0.25) is 0 Å². The highest BCUT2D eigenvalue weighted by molar-refractivity contribution is 6.04. The van der Waals surface area contributed by atoms with Gasteiger partial charge in [0.15, 0.2) is 0 Å². The molecule has 5 rings (SSSR count). The van der Waals surface area contributed by atoms with Crippen LogP contribution in [0.5, 0.6) is 0 Å². The molecule has 0 aliphatic heterocycles. The van der Waals surface area contributed by atoms with Crippen molar-refractivity contribution >= 4 is 22.5 Å². The van der Waals surface area contributed by atoms with E-state index in [0.717, 1.165) is 35.0 Å². The third-order valence-electron chi connectivity index (χ3n) is 5.86. The highest BCUT2D eigenvalue weighted by Gasteiger charge is 2.21. The minimum atomic E-state index is -0.208. The second-order valence-corrected chi connectivity index (χ2v) is 7.99. The molecule has 0 atom stereocenters. The van der Waals surface area contributed by atoms with Crippen LogP contribution >= 0.6 is 0 Å². The van der Waals surface area contributed by atoms with Gasteiger partial charge in [-0.3, -0.25) is 14.6 Å². The number of amides is 1. The van der Waals surface area contributed by atoms with Gasteiger partial charge in [-0.15, -0.1) is 0 Å². The zero-order valence-electron chi connectivity index (χ0n) is 16.9. The molecule has 1 aliphatic carbocycles. The first-order chi connectivity index (χ1) is 14.7. The number of aryl methyl sites for hydroxylation is 1. The summed E-state index contributed by atoms with van der Waals surface area (Å²) in [4.78, 5) is 17.6. The molecule has 30 heavy (non-hydrogen) atoms. The summed E-state index contributed by atoms with van der Waals surface area (Å²) in [5.74, 6) is 0.242.